The Morgan fingerprint density at radius 1 is 1.13 bits per heavy atom. The van der Waals surface area contributed by atoms with Crippen LogP contribution in [0.2, 0.25) is 0 Å². The van der Waals surface area contributed by atoms with E-state index in [0.717, 1.165) is 43.6 Å². The molecule has 0 radical (unpaired) electrons. The molecule has 162 valence electrons. The normalized spacial score (nSPS) is 15.2. The van der Waals surface area contributed by atoms with Gasteiger partial charge in [-0.1, -0.05) is 59.3 Å². The van der Waals surface area contributed by atoms with Crippen molar-refractivity contribution in [2.45, 2.75) is 39.8 Å². The molecule has 0 saturated carbocycles. The molecular weight excluding hydrogens is 388 g/mol. The summed E-state index contributed by atoms with van der Waals surface area (Å²) in [4.78, 5) is 21.6. The zero-order valence-electron chi connectivity index (χ0n) is 18.5. The first-order valence-corrected chi connectivity index (χ1v) is 10.9. The van der Waals surface area contributed by atoms with Gasteiger partial charge in [0.25, 0.3) is 0 Å². The second-order valence-corrected chi connectivity index (χ2v) is 8.56. The maximum absolute atomic E-state index is 13.0. The number of benzene rings is 2. The molecule has 31 heavy (non-hydrogen) atoms. The fourth-order valence-corrected chi connectivity index (χ4v) is 4.25. The highest BCUT2D eigenvalue weighted by Crippen LogP contribution is 2.23. The maximum atomic E-state index is 13.0. The van der Waals surface area contributed by atoms with Crippen LogP contribution in [0.15, 0.2) is 53.1 Å². The predicted octanol–water partition coefficient (Wildman–Crippen LogP) is 4.22. The van der Waals surface area contributed by atoms with Crippen LogP contribution in [0.3, 0.4) is 0 Å². The second kappa shape index (κ2) is 9.43. The van der Waals surface area contributed by atoms with E-state index in [1.54, 1.807) is 4.90 Å². The number of nitrogens with zero attached hydrogens (tertiary/aromatic N) is 4. The van der Waals surface area contributed by atoms with E-state index in [2.05, 4.69) is 46.2 Å². The van der Waals surface area contributed by atoms with E-state index in [1.165, 1.54) is 11.1 Å². The molecule has 0 N–H and O–H groups in total. The van der Waals surface area contributed by atoms with Gasteiger partial charge >= 0.3 is 0 Å². The number of piperidine rings is 1. The average Bonchev–Trinajstić information content (AvgIpc) is 3.22. The Balaban J connectivity index is 1.30. The SMILES string of the molecule is Cc1cccc(CN2CCC(C(=O)N(C)Cc3nc(-c4ccccc4C)no3)CC2)c1. The molecule has 0 bridgehead atoms. The number of aromatic nitrogens is 2. The minimum absolute atomic E-state index is 0.0533. The number of rotatable bonds is 6. The Morgan fingerprint density at radius 2 is 1.90 bits per heavy atom. The Labute approximate surface area is 183 Å². The molecule has 1 aromatic heterocycles. The van der Waals surface area contributed by atoms with Crippen molar-refractivity contribution in [3.63, 3.8) is 0 Å². The summed E-state index contributed by atoms with van der Waals surface area (Å²) in [6, 6.07) is 16.6. The van der Waals surface area contributed by atoms with Gasteiger partial charge in [0.15, 0.2) is 0 Å². The fraction of sp³-hybridized carbons (Fsp3) is 0.400. The monoisotopic (exact) mass is 418 g/mol. The quantitative estimate of drug-likeness (QED) is 0.600. The van der Waals surface area contributed by atoms with Gasteiger partial charge < -0.3 is 9.42 Å². The van der Waals surface area contributed by atoms with Crippen LogP contribution in [0, 0.1) is 19.8 Å². The zero-order valence-corrected chi connectivity index (χ0v) is 18.5. The standard InChI is InChI=1S/C25H30N4O2/c1-18-7-6-9-20(15-18)16-29-13-11-21(12-14-29)25(30)28(3)17-23-26-24(27-31-23)22-10-5-4-8-19(22)2/h4-10,15,21H,11-14,16-17H2,1-3H3. The lowest BCUT2D eigenvalue weighted by molar-refractivity contribution is -0.136. The van der Waals surface area contributed by atoms with Gasteiger partial charge in [-0.25, -0.2) is 0 Å². The van der Waals surface area contributed by atoms with Crippen LogP contribution in [0.5, 0.6) is 0 Å². The van der Waals surface area contributed by atoms with E-state index >= 15 is 0 Å². The van der Waals surface area contributed by atoms with E-state index in [1.807, 2.05) is 38.2 Å². The van der Waals surface area contributed by atoms with Crippen molar-refractivity contribution >= 4 is 5.91 Å². The number of hydrogen-bond donors (Lipinski definition) is 0. The summed E-state index contributed by atoms with van der Waals surface area (Å²) in [5.41, 5.74) is 4.67. The summed E-state index contributed by atoms with van der Waals surface area (Å²) in [7, 11) is 1.82. The Hall–Kier alpha value is -2.99. The molecule has 3 aromatic rings. The van der Waals surface area contributed by atoms with Gasteiger partial charge in [-0.2, -0.15) is 4.98 Å². The topological polar surface area (TPSA) is 62.5 Å². The molecule has 0 spiro atoms. The molecule has 1 fully saturated rings. The minimum atomic E-state index is 0.0533. The Kier molecular flexibility index (Phi) is 6.47. The molecule has 2 aromatic carbocycles. The van der Waals surface area contributed by atoms with Crippen LogP contribution in [0.1, 0.15) is 35.4 Å². The van der Waals surface area contributed by atoms with Gasteiger partial charge in [0.1, 0.15) is 0 Å². The lowest BCUT2D eigenvalue weighted by Crippen LogP contribution is -2.40. The highest BCUT2D eigenvalue weighted by molar-refractivity contribution is 5.78. The van der Waals surface area contributed by atoms with Crippen molar-refractivity contribution in [3.05, 3.63) is 71.1 Å². The van der Waals surface area contributed by atoms with Crippen molar-refractivity contribution in [2.24, 2.45) is 5.92 Å². The summed E-state index contributed by atoms with van der Waals surface area (Å²) in [6.07, 6.45) is 1.76. The van der Waals surface area contributed by atoms with Crippen LogP contribution in [0.4, 0.5) is 0 Å². The first-order valence-electron chi connectivity index (χ1n) is 10.9. The van der Waals surface area contributed by atoms with Crippen molar-refractivity contribution < 1.29 is 9.32 Å². The second-order valence-electron chi connectivity index (χ2n) is 8.56. The molecule has 0 unspecified atom stereocenters. The van der Waals surface area contributed by atoms with Crippen LogP contribution < -0.4 is 0 Å². The number of aryl methyl sites for hydroxylation is 2. The number of hydrogen-bond acceptors (Lipinski definition) is 5. The number of amides is 1. The highest BCUT2D eigenvalue weighted by Gasteiger charge is 2.28. The Morgan fingerprint density at radius 3 is 2.65 bits per heavy atom. The molecule has 2 heterocycles. The van der Waals surface area contributed by atoms with Crippen LogP contribution in [-0.4, -0.2) is 46.0 Å². The number of likely N-dealkylation sites (tertiary alicyclic amines) is 1. The average molecular weight is 419 g/mol. The molecule has 6 heteroatoms. The zero-order chi connectivity index (χ0) is 21.8. The van der Waals surface area contributed by atoms with E-state index < -0.39 is 0 Å². The van der Waals surface area contributed by atoms with Crippen LogP contribution >= 0.6 is 0 Å². The summed E-state index contributed by atoms with van der Waals surface area (Å²) >= 11 is 0. The number of carbonyl (C=O) groups excluding carboxylic acids is 1. The largest absolute Gasteiger partial charge is 0.337 e. The predicted molar refractivity (Wildman–Crippen MR) is 120 cm³/mol. The first kappa shape index (κ1) is 21.2. The van der Waals surface area contributed by atoms with Gasteiger partial charge in [-0.15, -0.1) is 0 Å². The molecule has 1 aliphatic heterocycles. The lowest BCUT2D eigenvalue weighted by atomic mass is 9.95. The molecule has 1 saturated heterocycles. The summed E-state index contributed by atoms with van der Waals surface area (Å²) in [6.45, 7) is 7.31. The molecule has 1 aliphatic rings. The van der Waals surface area contributed by atoms with Crippen molar-refractivity contribution in [3.8, 4) is 11.4 Å². The van der Waals surface area contributed by atoms with Crippen LogP contribution in [-0.2, 0) is 17.9 Å². The molecule has 6 nitrogen and oxygen atoms in total. The van der Waals surface area contributed by atoms with E-state index in [9.17, 15) is 4.79 Å². The molecule has 1 amide bonds. The van der Waals surface area contributed by atoms with E-state index in [-0.39, 0.29) is 11.8 Å². The third kappa shape index (κ3) is 5.20. The molecule has 4 rings (SSSR count). The molecule has 0 aliphatic carbocycles. The van der Waals surface area contributed by atoms with Crippen LogP contribution in [0.25, 0.3) is 11.4 Å². The third-order valence-electron chi connectivity index (χ3n) is 6.03. The number of carbonyl (C=O) groups is 1. The van der Waals surface area contributed by atoms with Gasteiger partial charge in [-0.3, -0.25) is 9.69 Å². The Bertz CT molecular complexity index is 1040. The fourth-order valence-electron chi connectivity index (χ4n) is 4.25. The minimum Gasteiger partial charge on any atom is -0.337 e. The lowest BCUT2D eigenvalue weighted by Gasteiger charge is -2.33. The third-order valence-corrected chi connectivity index (χ3v) is 6.03. The first-order chi connectivity index (χ1) is 15.0. The van der Waals surface area contributed by atoms with Gasteiger partial charge in [-0.05, 0) is 50.9 Å². The van der Waals surface area contributed by atoms with E-state index in [0.29, 0.717) is 18.3 Å². The smallest absolute Gasteiger partial charge is 0.246 e. The molecule has 0 atom stereocenters. The highest BCUT2D eigenvalue weighted by atomic mass is 16.5. The van der Waals surface area contributed by atoms with Gasteiger partial charge in [0, 0.05) is 25.1 Å². The van der Waals surface area contributed by atoms with Crippen molar-refractivity contribution in [2.75, 3.05) is 20.1 Å². The van der Waals surface area contributed by atoms with E-state index in [4.69, 9.17) is 4.52 Å². The van der Waals surface area contributed by atoms with Crippen molar-refractivity contribution in [1.29, 1.82) is 0 Å². The summed E-state index contributed by atoms with van der Waals surface area (Å²) in [5.74, 6) is 1.24. The summed E-state index contributed by atoms with van der Waals surface area (Å²) in [5, 5.41) is 4.10. The van der Waals surface area contributed by atoms with Gasteiger partial charge in [0.2, 0.25) is 17.6 Å². The maximum Gasteiger partial charge on any atom is 0.246 e. The molecular formula is C25H30N4O2. The van der Waals surface area contributed by atoms with Crippen molar-refractivity contribution in [1.82, 2.24) is 19.9 Å². The van der Waals surface area contributed by atoms with Gasteiger partial charge in [0.05, 0.1) is 6.54 Å². The summed E-state index contributed by atoms with van der Waals surface area (Å²) < 4.78 is 5.41.